The number of carboxylic acids is 1. The predicted molar refractivity (Wildman–Crippen MR) is 146 cm³/mol. The van der Waals surface area contributed by atoms with Crippen LogP contribution in [0.5, 0.6) is 17.2 Å². The van der Waals surface area contributed by atoms with Gasteiger partial charge in [0.2, 0.25) is 0 Å². The molecule has 4 aromatic rings. The Kier molecular flexibility index (Phi) is 7.93. The second-order valence-electron chi connectivity index (χ2n) is 9.28. The average Bonchev–Trinajstić information content (AvgIpc) is 2.93. The molecular weight excluding hydrogens is 582 g/mol. The summed E-state index contributed by atoms with van der Waals surface area (Å²) >= 11 is 12.1. The van der Waals surface area contributed by atoms with Crippen LogP contribution in [0.15, 0.2) is 72.8 Å². The zero-order valence-corrected chi connectivity index (χ0v) is 22.6. The number of hydrogen-bond donors (Lipinski definition) is 1. The van der Waals surface area contributed by atoms with Crippen molar-refractivity contribution < 1.29 is 37.3 Å². The first kappa shape index (κ1) is 28.4. The molecule has 0 spiro atoms. The molecule has 11 heteroatoms. The largest absolute Gasteiger partial charge is 0.493 e. The quantitative estimate of drug-likeness (QED) is 0.215. The summed E-state index contributed by atoms with van der Waals surface area (Å²) in [5.74, 6) is -0.882. The Morgan fingerprint density at radius 1 is 1.00 bits per heavy atom. The number of fused-ring (bicyclic) bond motifs is 1. The minimum atomic E-state index is -4.61. The zero-order valence-electron chi connectivity index (χ0n) is 21.0. The van der Waals surface area contributed by atoms with Gasteiger partial charge in [0, 0.05) is 28.5 Å². The number of Topliss-reactive ketones (excluding diaryl/α,β-unsaturated/α-hetero) is 1. The number of alkyl halides is 3. The lowest BCUT2D eigenvalue weighted by atomic mass is 9.93. The lowest BCUT2D eigenvalue weighted by Gasteiger charge is -2.24. The summed E-state index contributed by atoms with van der Waals surface area (Å²) < 4.78 is 51.3. The predicted octanol–water partition coefficient (Wildman–Crippen LogP) is 8.24. The van der Waals surface area contributed by atoms with Crippen molar-refractivity contribution in [1.29, 1.82) is 0 Å². The van der Waals surface area contributed by atoms with E-state index in [0.717, 1.165) is 6.07 Å². The van der Waals surface area contributed by atoms with Gasteiger partial charge >= 0.3 is 12.1 Å². The number of ether oxygens (including phenoxy) is 2. The SMILES string of the molecule is O=C(Cc1cccc(-c2ccc(Cl)c(C(F)(F)F)c2)n1)c1ccc(Oc2cc3c(cc2Cl)C(C(=O)O)CCO3)cc1. The van der Waals surface area contributed by atoms with E-state index >= 15 is 0 Å². The van der Waals surface area contributed by atoms with Gasteiger partial charge in [-0.25, -0.2) is 0 Å². The second kappa shape index (κ2) is 11.4. The Hall–Kier alpha value is -4.08. The van der Waals surface area contributed by atoms with Crippen molar-refractivity contribution in [2.45, 2.75) is 24.9 Å². The number of rotatable bonds is 7. The molecule has 0 amide bonds. The van der Waals surface area contributed by atoms with Gasteiger partial charge in [-0.05, 0) is 61.0 Å². The first-order valence-electron chi connectivity index (χ1n) is 12.3. The number of halogens is 5. The Labute approximate surface area is 242 Å². The van der Waals surface area contributed by atoms with E-state index in [1.165, 1.54) is 18.2 Å². The lowest BCUT2D eigenvalue weighted by Crippen LogP contribution is -2.20. The molecule has 1 atom stereocenters. The average molecular weight is 602 g/mol. The fourth-order valence-corrected chi connectivity index (χ4v) is 4.90. The standard InChI is InChI=1S/C30H20Cl2F3NO5/c31-23-9-6-17(12-22(23)30(33,34)35)25-3-1-2-18(36-25)13-26(37)16-4-7-19(8-5-16)41-28-15-27-21(14-24(28)32)20(29(38)39)10-11-40-27/h1-9,12,14-15,20H,10-11,13H2,(H,38,39). The van der Waals surface area contributed by atoms with E-state index in [2.05, 4.69) is 4.98 Å². The first-order chi connectivity index (χ1) is 19.5. The third kappa shape index (κ3) is 6.31. The number of hydrogen-bond acceptors (Lipinski definition) is 5. The summed E-state index contributed by atoms with van der Waals surface area (Å²) in [6.45, 7) is 0.258. The zero-order chi connectivity index (χ0) is 29.3. The summed E-state index contributed by atoms with van der Waals surface area (Å²) in [7, 11) is 0. The van der Waals surface area contributed by atoms with Crippen LogP contribution in [-0.4, -0.2) is 28.4 Å². The van der Waals surface area contributed by atoms with Crippen molar-refractivity contribution in [3.8, 4) is 28.5 Å². The summed E-state index contributed by atoms with van der Waals surface area (Å²) in [5.41, 5.74) is 0.785. The van der Waals surface area contributed by atoms with Crippen molar-refractivity contribution in [1.82, 2.24) is 4.98 Å². The number of pyridine rings is 1. The second-order valence-corrected chi connectivity index (χ2v) is 10.1. The summed E-state index contributed by atoms with van der Waals surface area (Å²) in [5, 5.41) is 9.26. The molecule has 2 heterocycles. The Balaban J connectivity index is 1.29. The Bertz CT molecular complexity index is 1640. The fraction of sp³-hybridized carbons (Fsp3) is 0.167. The monoisotopic (exact) mass is 601 g/mol. The molecular formula is C30H20Cl2F3NO5. The van der Waals surface area contributed by atoms with E-state index in [9.17, 15) is 27.9 Å². The summed E-state index contributed by atoms with van der Waals surface area (Å²) in [4.78, 5) is 28.8. The highest BCUT2D eigenvalue weighted by atomic mass is 35.5. The van der Waals surface area contributed by atoms with E-state index in [4.69, 9.17) is 32.7 Å². The number of carbonyl (C=O) groups is 2. The highest BCUT2D eigenvalue weighted by Crippen LogP contribution is 2.42. The number of aromatic nitrogens is 1. The molecule has 1 N–H and O–H groups in total. The number of aliphatic carboxylic acids is 1. The molecule has 0 bridgehead atoms. The molecule has 1 unspecified atom stereocenters. The normalized spacial score (nSPS) is 14.6. The number of benzene rings is 3. The van der Waals surface area contributed by atoms with Crippen LogP contribution in [0.4, 0.5) is 13.2 Å². The van der Waals surface area contributed by atoms with E-state index in [1.54, 1.807) is 48.5 Å². The summed E-state index contributed by atoms with van der Waals surface area (Å²) in [6.07, 6.45) is -4.35. The molecule has 1 aliphatic heterocycles. The van der Waals surface area contributed by atoms with Gasteiger partial charge in [-0.15, -0.1) is 0 Å². The number of ketones is 1. The van der Waals surface area contributed by atoms with Gasteiger partial charge in [-0.2, -0.15) is 13.2 Å². The fourth-order valence-electron chi connectivity index (χ4n) is 4.47. The van der Waals surface area contributed by atoms with Gasteiger partial charge in [-0.1, -0.05) is 35.3 Å². The molecule has 1 aliphatic rings. The Morgan fingerprint density at radius 2 is 1.76 bits per heavy atom. The molecule has 0 radical (unpaired) electrons. The highest BCUT2D eigenvalue weighted by molar-refractivity contribution is 6.32. The van der Waals surface area contributed by atoms with E-state index in [1.807, 2.05) is 0 Å². The van der Waals surface area contributed by atoms with Gasteiger partial charge in [-0.3, -0.25) is 14.6 Å². The van der Waals surface area contributed by atoms with Crippen LogP contribution in [0.2, 0.25) is 10.0 Å². The van der Waals surface area contributed by atoms with E-state index < -0.39 is 28.6 Å². The van der Waals surface area contributed by atoms with Gasteiger partial charge in [0.25, 0.3) is 0 Å². The minimum absolute atomic E-state index is 0.0769. The maximum atomic E-state index is 13.3. The van der Waals surface area contributed by atoms with Crippen LogP contribution in [0, 0.1) is 0 Å². The highest BCUT2D eigenvalue weighted by Gasteiger charge is 2.33. The molecule has 3 aromatic carbocycles. The van der Waals surface area contributed by atoms with Gasteiger partial charge in [0.05, 0.1) is 40.2 Å². The van der Waals surface area contributed by atoms with E-state index in [0.29, 0.717) is 34.7 Å². The number of nitrogens with zero attached hydrogens (tertiary/aromatic N) is 1. The van der Waals surface area contributed by atoms with Crippen molar-refractivity contribution in [3.63, 3.8) is 0 Å². The number of carbonyl (C=O) groups excluding carboxylic acids is 1. The minimum Gasteiger partial charge on any atom is -0.493 e. The molecule has 41 heavy (non-hydrogen) atoms. The van der Waals surface area contributed by atoms with Crippen LogP contribution in [0.25, 0.3) is 11.3 Å². The smallest absolute Gasteiger partial charge is 0.417 e. The van der Waals surface area contributed by atoms with Crippen molar-refractivity contribution >= 4 is 35.0 Å². The Morgan fingerprint density at radius 3 is 2.46 bits per heavy atom. The molecule has 0 saturated heterocycles. The number of carboxylic acid groups (broad SMARTS) is 1. The van der Waals surface area contributed by atoms with Crippen LogP contribution in [-0.2, 0) is 17.4 Å². The van der Waals surface area contributed by atoms with Gasteiger partial charge < -0.3 is 14.6 Å². The van der Waals surface area contributed by atoms with Crippen LogP contribution >= 0.6 is 23.2 Å². The van der Waals surface area contributed by atoms with Gasteiger partial charge in [0.1, 0.15) is 17.2 Å². The first-order valence-corrected chi connectivity index (χ1v) is 13.1. The molecule has 0 fully saturated rings. The summed E-state index contributed by atoms with van der Waals surface area (Å²) in [6, 6.07) is 17.7. The van der Waals surface area contributed by atoms with Crippen molar-refractivity contribution in [2.24, 2.45) is 0 Å². The topological polar surface area (TPSA) is 85.7 Å². The molecule has 1 aromatic heterocycles. The van der Waals surface area contributed by atoms with Crippen molar-refractivity contribution in [3.05, 3.63) is 105 Å². The van der Waals surface area contributed by atoms with Crippen LogP contribution in [0.3, 0.4) is 0 Å². The molecule has 5 rings (SSSR count). The third-order valence-electron chi connectivity index (χ3n) is 6.52. The molecule has 6 nitrogen and oxygen atoms in total. The van der Waals surface area contributed by atoms with Crippen LogP contribution < -0.4 is 9.47 Å². The lowest BCUT2D eigenvalue weighted by molar-refractivity contribution is -0.139. The van der Waals surface area contributed by atoms with Gasteiger partial charge in [0.15, 0.2) is 5.78 Å². The maximum absolute atomic E-state index is 13.3. The van der Waals surface area contributed by atoms with Crippen LogP contribution in [0.1, 0.15) is 39.5 Å². The third-order valence-corrected chi connectivity index (χ3v) is 7.15. The molecule has 210 valence electrons. The molecule has 0 saturated carbocycles. The van der Waals surface area contributed by atoms with E-state index in [-0.39, 0.29) is 40.8 Å². The maximum Gasteiger partial charge on any atom is 0.417 e. The van der Waals surface area contributed by atoms with Crippen molar-refractivity contribution in [2.75, 3.05) is 6.61 Å². The molecule has 0 aliphatic carbocycles.